The molecule has 9 nitrogen and oxygen atoms in total. The molecule has 1 aromatic carbocycles. The maximum atomic E-state index is 12.5. The van der Waals surface area contributed by atoms with Crippen molar-refractivity contribution < 1.29 is 19.3 Å². The van der Waals surface area contributed by atoms with E-state index in [4.69, 9.17) is 5.73 Å². The Morgan fingerprint density at radius 2 is 1.77 bits per heavy atom. The summed E-state index contributed by atoms with van der Waals surface area (Å²) in [5.41, 5.74) is 5.47. The molecule has 3 amide bonds. The predicted octanol–water partition coefficient (Wildman–Crippen LogP) is 0.658. The lowest BCUT2D eigenvalue weighted by molar-refractivity contribution is -0.385. The van der Waals surface area contributed by atoms with Gasteiger partial charge in [-0.3, -0.25) is 24.5 Å². The second-order valence-electron chi connectivity index (χ2n) is 6.44. The van der Waals surface area contributed by atoms with E-state index in [1.54, 1.807) is 6.07 Å². The lowest BCUT2D eigenvalue weighted by atomic mass is 10.0. The Labute approximate surface area is 151 Å². The average Bonchev–Trinajstić information content (AvgIpc) is 2.52. The summed E-state index contributed by atoms with van der Waals surface area (Å²) in [6.45, 7) is 5.07. The summed E-state index contributed by atoms with van der Waals surface area (Å²) < 4.78 is 0. The highest BCUT2D eigenvalue weighted by Gasteiger charge is 2.27. The van der Waals surface area contributed by atoms with Crippen LogP contribution >= 0.6 is 0 Å². The van der Waals surface area contributed by atoms with E-state index >= 15 is 0 Å². The van der Waals surface area contributed by atoms with Crippen LogP contribution < -0.4 is 16.4 Å². The van der Waals surface area contributed by atoms with Crippen LogP contribution in [0, 0.1) is 16.0 Å². The summed E-state index contributed by atoms with van der Waals surface area (Å²) in [5, 5.41) is 16.1. The third-order valence-electron chi connectivity index (χ3n) is 3.67. The second kappa shape index (κ2) is 9.50. The van der Waals surface area contributed by atoms with Crippen molar-refractivity contribution in [2.24, 2.45) is 11.7 Å². The van der Waals surface area contributed by atoms with Gasteiger partial charge in [0.25, 0.3) is 5.69 Å². The van der Waals surface area contributed by atoms with Gasteiger partial charge in [0.15, 0.2) is 0 Å². The zero-order valence-electron chi connectivity index (χ0n) is 15.0. The molecular weight excluding hydrogens is 340 g/mol. The molecule has 1 aromatic rings. The van der Waals surface area contributed by atoms with Crippen molar-refractivity contribution in [3.05, 3.63) is 39.9 Å². The van der Waals surface area contributed by atoms with Gasteiger partial charge in [0.2, 0.25) is 17.7 Å². The number of hydrogen-bond donors (Lipinski definition) is 3. The molecule has 0 aliphatic rings. The molecule has 4 N–H and O–H groups in total. The summed E-state index contributed by atoms with van der Waals surface area (Å²) in [5.74, 6) is -1.63. The van der Waals surface area contributed by atoms with E-state index in [1.807, 2.05) is 13.8 Å². The Morgan fingerprint density at radius 1 is 1.15 bits per heavy atom. The summed E-state index contributed by atoms with van der Waals surface area (Å²) >= 11 is 0. The molecule has 142 valence electrons. The van der Waals surface area contributed by atoms with Crippen molar-refractivity contribution in [2.45, 2.75) is 45.7 Å². The number of nitro benzene ring substituents is 1. The molecule has 0 saturated carbocycles. The van der Waals surface area contributed by atoms with Crippen LogP contribution in [0.25, 0.3) is 0 Å². The lowest BCUT2D eigenvalue weighted by Gasteiger charge is -2.22. The average molecular weight is 364 g/mol. The normalized spacial score (nSPS) is 12.9. The number of primary amides is 1. The first-order valence-electron chi connectivity index (χ1n) is 8.20. The van der Waals surface area contributed by atoms with Gasteiger partial charge in [-0.25, -0.2) is 0 Å². The number of nitrogens with two attached hydrogens (primary N) is 1. The van der Waals surface area contributed by atoms with Gasteiger partial charge in [-0.2, -0.15) is 0 Å². The number of carbonyl (C=O) groups is 3. The molecule has 26 heavy (non-hydrogen) atoms. The van der Waals surface area contributed by atoms with Gasteiger partial charge >= 0.3 is 0 Å². The molecule has 0 unspecified atom stereocenters. The fourth-order valence-corrected chi connectivity index (χ4v) is 2.52. The molecule has 0 saturated heterocycles. The number of carbonyl (C=O) groups excluding carboxylic acids is 3. The first kappa shape index (κ1) is 21.1. The molecule has 0 bridgehead atoms. The van der Waals surface area contributed by atoms with Crippen molar-refractivity contribution in [1.29, 1.82) is 0 Å². The van der Waals surface area contributed by atoms with E-state index in [0.717, 1.165) is 0 Å². The molecule has 0 aromatic heterocycles. The fourth-order valence-electron chi connectivity index (χ4n) is 2.52. The van der Waals surface area contributed by atoms with Crippen LogP contribution in [-0.2, 0) is 20.8 Å². The molecule has 0 aliphatic carbocycles. The SMILES string of the molecule is CC(=O)N[C@@H](CC(C)C)C(=O)N[C@@H](Cc1ccccc1[N+](=O)[O-])C(N)=O. The Morgan fingerprint density at radius 3 is 2.27 bits per heavy atom. The number of para-hydroxylation sites is 1. The van der Waals surface area contributed by atoms with Crippen LogP contribution in [-0.4, -0.2) is 34.7 Å². The van der Waals surface area contributed by atoms with Crippen LogP contribution in [0.15, 0.2) is 24.3 Å². The first-order valence-corrected chi connectivity index (χ1v) is 8.20. The number of benzene rings is 1. The Balaban J connectivity index is 2.97. The zero-order chi connectivity index (χ0) is 19.9. The lowest BCUT2D eigenvalue weighted by Crippen LogP contribution is -2.53. The third kappa shape index (κ3) is 6.50. The Bertz CT molecular complexity index is 689. The van der Waals surface area contributed by atoms with Crippen molar-refractivity contribution in [1.82, 2.24) is 10.6 Å². The van der Waals surface area contributed by atoms with E-state index in [9.17, 15) is 24.5 Å². The summed E-state index contributed by atoms with van der Waals surface area (Å²) in [4.78, 5) is 46.1. The van der Waals surface area contributed by atoms with Crippen LogP contribution in [0.2, 0.25) is 0 Å². The van der Waals surface area contributed by atoms with Gasteiger partial charge in [-0.1, -0.05) is 32.0 Å². The molecule has 0 spiro atoms. The predicted molar refractivity (Wildman–Crippen MR) is 95.0 cm³/mol. The van der Waals surface area contributed by atoms with Gasteiger partial charge in [0.1, 0.15) is 12.1 Å². The molecule has 0 fully saturated rings. The van der Waals surface area contributed by atoms with Crippen molar-refractivity contribution >= 4 is 23.4 Å². The first-order chi connectivity index (χ1) is 12.1. The minimum Gasteiger partial charge on any atom is -0.368 e. The van der Waals surface area contributed by atoms with Crippen LogP contribution in [0.4, 0.5) is 5.69 Å². The van der Waals surface area contributed by atoms with E-state index in [0.29, 0.717) is 6.42 Å². The van der Waals surface area contributed by atoms with Crippen LogP contribution in [0.5, 0.6) is 0 Å². The summed E-state index contributed by atoms with van der Waals surface area (Å²) in [6.07, 6.45) is 0.259. The van der Waals surface area contributed by atoms with Gasteiger partial charge in [0, 0.05) is 25.0 Å². The fraction of sp³-hybridized carbons (Fsp3) is 0.471. The van der Waals surface area contributed by atoms with Crippen LogP contribution in [0.1, 0.15) is 32.8 Å². The molecule has 1 rings (SSSR count). The number of nitro groups is 1. The monoisotopic (exact) mass is 364 g/mol. The van der Waals surface area contributed by atoms with E-state index < -0.39 is 28.8 Å². The van der Waals surface area contributed by atoms with E-state index in [2.05, 4.69) is 10.6 Å². The van der Waals surface area contributed by atoms with Gasteiger partial charge in [-0.15, -0.1) is 0 Å². The molecule has 2 atom stereocenters. The van der Waals surface area contributed by atoms with Crippen molar-refractivity contribution in [2.75, 3.05) is 0 Å². The Hall–Kier alpha value is -2.97. The number of rotatable bonds is 9. The van der Waals surface area contributed by atoms with Gasteiger partial charge in [0.05, 0.1) is 4.92 Å². The highest BCUT2D eigenvalue weighted by Crippen LogP contribution is 2.19. The number of nitrogens with one attached hydrogen (secondary N) is 2. The quantitative estimate of drug-likeness (QED) is 0.435. The standard InChI is InChI=1S/C17H24N4O5/c1-10(2)8-14(19-11(3)22)17(24)20-13(16(18)23)9-12-6-4-5-7-15(12)21(25)26/h4-7,10,13-14H,8-9H2,1-3H3,(H2,18,23)(H,19,22)(H,20,24)/t13-,14-/m0/s1. The highest BCUT2D eigenvalue weighted by molar-refractivity contribution is 5.91. The third-order valence-corrected chi connectivity index (χ3v) is 3.67. The van der Waals surface area contributed by atoms with Crippen molar-refractivity contribution in [3.63, 3.8) is 0 Å². The zero-order valence-corrected chi connectivity index (χ0v) is 15.0. The molecular formula is C17H24N4O5. The second-order valence-corrected chi connectivity index (χ2v) is 6.44. The minimum absolute atomic E-state index is 0.118. The van der Waals surface area contributed by atoms with Crippen LogP contribution in [0.3, 0.4) is 0 Å². The molecule has 0 aliphatic heterocycles. The smallest absolute Gasteiger partial charge is 0.272 e. The Kier molecular flexibility index (Phi) is 7.70. The summed E-state index contributed by atoms with van der Waals surface area (Å²) in [6, 6.07) is 3.97. The minimum atomic E-state index is -1.13. The van der Waals surface area contributed by atoms with Gasteiger partial charge in [-0.05, 0) is 12.3 Å². The molecule has 9 heteroatoms. The topological polar surface area (TPSA) is 144 Å². The number of amides is 3. The maximum Gasteiger partial charge on any atom is 0.272 e. The molecule has 0 radical (unpaired) electrons. The van der Waals surface area contributed by atoms with Crippen molar-refractivity contribution in [3.8, 4) is 0 Å². The van der Waals surface area contributed by atoms with E-state index in [-0.39, 0.29) is 29.5 Å². The number of nitrogens with zero attached hydrogens (tertiary/aromatic N) is 1. The van der Waals surface area contributed by atoms with Gasteiger partial charge < -0.3 is 16.4 Å². The largest absolute Gasteiger partial charge is 0.368 e. The maximum absolute atomic E-state index is 12.5. The number of hydrogen-bond acceptors (Lipinski definition) is 5. The van der Waals surface area contributed by atoms with E-state index in [1.165, 1.54) is 25.1 Å². The summed E-state index contributed by atoms with van der Waals surface area (Å²) in [7, 11) is 0. The highest BCUT2D eigenvalue weighted by atomic mass is 16.6. The molecule has 0 heterocycles.